The van der Waals surface area contributed by atoms with E-state index in [-0.39, 0.29) is 0 Å². The largest absolute Gasteiger partial charge is 0.350 e. The highest BCUT2D eigenvalue weighted by molar-refractivity contribution is 5.73. The predicted octanol–water partition coefficient (Wildman–Crippen LogP) is 0.883. The third-order valence-corrected chi connectivity index (χ3v) is 1.44. The lowest BCUT2D eigenvalue weighted by atomic mass is 10.2. The van der Waals surface area contributed by atoms with Gasteiger partial charge in [-0.05, 0) is 5.56 Å². The molecule has 0 saturated carbocycles. The Morgan fingerprint density at radius 2 is 2.15 bits per heavy atom. The number of carbonyl (C=O) groups excluding carboxylic acids is 1. The van der Waals surface area contributed by atoms with Gasteiger partial charge >= 0.3 is 6.03 Å². The number of amides is 2. The van der Waals surface area contributed by atoms with Crippen LogP contribution in [-0.2, 0) is 6.42 Å². The lowest BCUT2D eigenvalue weighted by Gasteiger charge is -1.93. The smallest absolute Gasteiger partial charge is 0.332 e. The summed E-state index contributed by atoms with van der Waals surface area (Å²) in [5.41, 5.74) is 8.07. The first kappa shape index (κ1) is 9.25. The Bertz CT molecular complexity index is 295. The molecule has 0 atom stereocenters. The molecule has 4 nitrogen and oxygen atoms in total. The third kappa shape index (κ3) is 3.91. The van der Waals surface area contributed by atoms with Gasteiger partial charge in [0.1, 0.15) is 0 Å². The van der Waals surface area contributed by atoms with Crippen LogP contribution in [0.2, 0.25) is 0 Å². The van der Waals surface area contributed by atoms with Crippen molar-refractivity contribution in [1.82, 2.24) is 5.43 Å². The van der Waals surface area contributed by atoms with E-state index in [1.165, 1.54) is 0 Å². The van der Waals surface area contributed by atoms with Gasteiger partial charge in [-0.3, -0.25) is 0 Å². The Balaban J connectivity index is 2.35. The van der Waals surface area contributed by atoms with Crippen LogP contribution in [-0.4, -0.2) is 12.2 Å². The van der Waals surface area contributed by atoms with E-state index in [9.17, 15) is 4.79 Å². The van der Waals surface area contributed by atoms with Gasteiger partial charge in [-0.2, -0.15) is 5.10 Å². The van der Waals surface area contributed by atoms with Crippen molar-refractivity contribution >= 4 is 12.2 Å². The number of hydrogen-bond donors (Lipinski definition) is 2. The van der Waals surface area contributed by atoms with E-state index in [2.05, 4.69) is 10.5 Å². The molecule has 0 aliphatic carbocycles. The molecule has 2 amide bonds. The van der Waals surface area contributed by atoms with Crippen molar-refractivity contribution in [2.24, 2.45) is 10.8 Å². The van der Waals surface area contributed by atoms with Gasteiger partial charge in [-0.1, -0.05) is 30.3 Å². The van der Waals surface area contributed by atoms with Crippen molar-refractivity contribution in [2.75, 3.05) is 0 Å². The zero-order chi connectivity index (χ0) is 9.52. The summed E-state index contributed by atoms with van der Waals surface area (Å²) in [6.45, 7) is 0. The Hall–Kier alpha value is -1.84. The molecule has 1 rings (SSSR count). The Kier molecular flexibility index (Phi) is 3.50. The van der Waals surface area contributed by atoms with Gasteiger partial charge < -0.3 is 5.73 Å². The first-order valence-electron chi connectivity index (χ1n) is 3.90. The van der Waals surface area contributed by atoms with Gasteiger partial charge in [0.2, 0.25) is 0 Å². The Labute approximate surface area is 76.4 Å². The first-order chi connectivity index (χ1) is 6.29. The fourth-order valence-electron chi connectivity index (χ4n) is 0.874. The topological polar surface area (TPSA) is 67.5 Å². The SMILES string of the molecule is NC(=O)NN=CCc1ccccc1. The molecule has 0 spiro atoms. The molecule has 0 heterocycles. The zero-order valence-electron chi connectivity index (χ0n) is 7.10. The summed E-state index contributed by atoms with van der Waals surface area (Å²) in [6, 6.07) is 9.16. The summed E-state index contributed by atoms with van der Waals surface area (Å²) < 4.78 is 0. The standard InChI is InChI=1S/C9H11N3O/c10-9(13)12-11-7-6-8-4-2-1-3-5-8/h1-5,7H,6H2,(H3,10,12,13). The fourth-order valence-corrected chi connectivity index (χ4v) is 0.874. The van der Waals surface area contributed by atoms with Gasteiger partial charge in [0, 0.05) is 12.6 Å². The molecule has 0 unspecified atom stereocenters. The number of primary amides is 1. The van der Waals surface area contributed by atoms with Crippen LogP contribution in [0.15, 0.2) is 35.4 Å². The molecule has 0 aliphatic heterocycles. The quantitative estimate of drug-likeness (QED) is 0.522. The second kappa shape index (κ2) is 4.92. The van der Waals surface area contributed by atoms with E-state index in [1.807, 2.05) is 30.3 Å². The molecule has 0 saturated heterocycles. The number of benzene rings is 1. The molecule has 1 aromatic rings. The van der Waals surface area contributed by atoms with Crippen LogP contribution < -0.4 is 11.2 Å². The number of hydrazone groups is 1. The molecular formula is C9H11N3O. The van der Waals surface area contributed by atoms with Crippen LogP contribution in [0.5, 0.6) is 0 Å². The number of nitrogens with two attached hydrogens (primary N) is 1. The number of nitrogens with one attached hydrogen (secondary N) is 1. The minimum atomic E-state index is -0.649. The lowest BCUT2D eigenvalue weighted by Crippen LogP contribution is -2.24. The van der Waals surface area contributed by atoms with Gasteiger partial charge in [-0.25, -0.2) is 10.2 Å². The molecule has 0 aliphatic rings. The maximum Gasteiger partial charge on any atom is 0.332 e. The first-order valence-corrected chi connectivity index (χ1v) is 3.90. The van der Waals surface area contributed by atoms with Crippen LogP contribution >= 0.6 is 0 Å². The van der Waals surface area contributed by atoms with E-state index in [4.69, 9.17) is 5.73 Å². The maximum absolute atomic E-state index is 10.2. The molecule has 1 aromatic carbocycles. The Morgan fingerprint density at radius 3 is 2.77 bits per heavy atom. The van der Waals surface area contributed by atoms with Crippen molar-refractivity contribution in [3.8, 4) is 0 Å². The van der Waals surface area contributed by atoms with Crippen LogP contribution in [0.4, 0.5) is 4.79 Å². The van der Waals surface area contributed by atoms with E-state index in [0.717, 1.165) is 5.56 Å². The van der Waals surface area contributed by atoms with Gasteiger partial charge in [0.15, 0.2) is 0 Å². The zero-order valence-corrected chi connectivity index (χ0v) is 7.10. The Morgan fingerprint density at radius 1 is 1.46 bits per heavy atom. The van der Waals surface area contributed by atoms with E-state index >= 15 is 0 Å². The summed E-state index contributed by atoms with van der Waals surface area (Å²) in [6.07, 6.45) is 2.28. The number of carbonyl (C=O) groups is 1. The highest BCUT2D eigenvalue weighted by Gasteiger charge is 1.87. The number of nitrogens with zero attached hydrogens (tertiary/aromatic N) is 1. The number of hydrogen-bond acceptors (Lipinski definition) is 2. The van der Waals surface area contributed by atoms with Crippen molar-refractivity contribution in [2.45, 2.75) is 6.42 Å². The van der Waals surface area contributed by atoms with Gasteiger partial charge in [-0.15, -0.1) is 0 Å². The molecule has 0 radical (unpaired) electrons. The van der Waals surface area contributed by atoms with Gasteiger partial charge in [0.05, 0.1) is 0 Å². The maximum atomic E-state index is 10.2. The molecule has 13 heavy (non-hydrogen) atoms. The van der Waals surface area contributed by atoms with Crippen molar-refractivity contribution in [3.63, 3.8) is 0 Å². The molecule has 0 fully saturated rings. The molecule has 68 valence electrons. The van der Waals surface area contributed by atoms with E-state index < -0.39 is 6.03 Å². The average molecular weight is 177 g/mol. The van der Waals surface area contributed by atoms with Crippen LogP contribution in [0.3, 0.4) is 0 Å². The van der Waals surface area contributed by atoms with Crippen molar-refractivity contribution in [1.29, 1.82) is 0 Å². The molecular weight excluding hydrogens is 166 g/mol. The molecule has 3 N–H and O–H groups in total. The average Bonchev–Trinajstić information content (AvgIpc) is 2.14. The summed E-state index contributed by atoms with van der Waals surface area (Å²) in [5, 5.41) is 3.62. The summed E-state index contributed by atoms with van der Waals surface area (Å²) in [5.74, 6) is 0. The normalized spacial score (nSPS) is 10.2. The number of urea groups is 1. The fraction of sp³-hybridized carbons (Fsp3) is 0.111. The van der Waals surface area contributed by atoms with E-state index in [0.29, 0.717) is 6.42 Å². The molecule has 0 bridgehead atoms. The summed E-state index contributed by atoms with van der Waals surface area (Å²) in [7, 11) is 0. The monoisotopic (exact) mass is 177 g/mol. The van der Waals surface area contributed by atoms with Crippen molar-refractivity contribution < 1.29 is 4.79 Å². The minimum Gasteiger partial charge on any atom is -0.350 e. The molecule has 0 aromatic heterocycles. The van der Waals surface area contributed by atoms with Crippen LogP contribution in [0.25, 0.3) is 0 Å². The summed E-state index contributed by atoms with van der Waals surface area (Å²) >= 11 is 0. The second-order valence-corrected chi connectivity index (χ2v) is 2.48. The highest BCUT2D eigenvalue weighted by Crippen LogP contribution is 1.96. The van der Waals surface area contributed by atoms with Crippen LogP contribution in [0.1, 0.15) is 5.56 Å². The molecule has 4 heteroatoms. The number of rotatable bonds is 3. The van der Waals surface area contributed by atoms with Crippen LogP contribution in [0, 0.1) is 0 Å². The second-order valence-electron chi connectivity index (χ2n) is 2.48. The van der Waals surface area contributed by atoms with Gasteiger partial charge in [0.25, 0.3) is 0 Å². The third-order valence-electron chi connectivity index (χ3n) is 1.44. The van der Waals surface area contributed by atoms with Crippen molar-refractivity contribution in [3.05, 3.63) is 35.9 Å². The minimum absolute atomic E-state index is 0.649. The lowest BCUT2D eigenvalue weighted by molar-refractivity contribution is 0.249. The summed E-state index contributed by atoms with van der Waals surface area (Å²) in [4.78, 5) is 10.2. The predicted molar refractivity (Wildman–Crippen MR) is 51.4 cm³/mol. The van der Waals surface area contributed by atoms with E-state index in [1.54, 1.807) is 6.21 Å². The highest BCUT2D eigenvalue weighted by atomic mass is 16.2.